The molecule has 0 rings (SSSR count). The van der Waals surface area contributed by atoms with Crippen LogP contribution in [0.25, 0.3) is 0 Å². The molecule has 0 saturated carbocycles. The van der Waals surface area contributed by atoms with Crippen LogP contribution in [0.5, 0.6) is 0 Å². The maximum absolute atomic E-state index is 12.8. The van der Waals surface area contributed by atoms with Crippen molar-refractivity contribution < 1.29 is 28.6 Å². The van der Waals surface area contributed by atoms with E-state index in [4.69, 9.17) is 14.2 Å². The number of carbonyl (C=O) groups excluding carboxylic acids is 3. The van der Waals surface area contributed by atoms with E-state index in [0.717, 1.165) is 128 Å². The molecule has 0 amide bonds. The molecule has 0 bridgehead atoms. The second kappa shape index (κ2) is 55.1. The van der Waals surface area contributed by atoms with Crippen LogP contribution in [0.1, 0.15) is 220 Å². The average molecular weight is 939 g/mol. The predicted octanol–water partition coefficient (Wildman–Crippen LogP) is 18.3. The van der Waals surface area contributed by atoms with Gasteiger partial charge in [-0.1, -0.05) is 212 Å². The topological polar surface area (TPSA) is 78.9 Å². The van der Waals surface area contributed by atoms with Gasteiger partial charge in [-0.2, -0.15) is 0 Å². The molecule has 0 fully saturated rings. The van der Waals surface area contributed by atoms with E-state index in [9.17, 15) is 14.4 Å². The molecule has 0 aromatic heterocycles. The number of allylic oxidation sites excluding steroid dienone is 22. The van der Waals surface area contributed by atoms with Gasteiger partial charge < -0.3 is 14.2 Å². The molecule has 6 heteroatoms. The molecule has 0 N–H and O–H groups in total. The summed E-state index contributed by atoms with van der Waals surface area (Å²) in [6, 6.07) is 0. The number of ether oxygens (including phenoxy) is 3. The molecule has 0 aromatic rings. The van der Waals surface area contributed by atoms with Gasteiger partial charge in [0.1, 0.15) is 13.2 Å². The minimum Gasteiger partial charge on any atom is -0.462 e. The van der Waals surface area contributed by atoms with Crippen LogP contribution in [0.15, 0.2) is 134 Å². The summed E-state index contributed by atoms with van der Waals surface area (Å²) in [4.78, 5) is 38.1. The molecule has 68 heavy (non-hydrogen) atoms. The van der Waals surface area contributed by atoms with E-state index < -0.39 is 6.10 Å². The number of hydrogen-bond acceptors (Lipinski definition) is 6. The summed E-state index contributed by atoms with van der Waals surface area (Å²) >= 11 is 0. The molecule has 382 valence electrons. The number of carbonyl (C=O) groups is 3. The fourth-order valence-corrected chi connectivity index (χ4v) is 6.86. The quantitative estimate of drug-likeness (QED) is 0.0262. The molecule has 0 aliphatic heterocycles. The van der Waals surface area contributed by atoms with Crippen molar-refractivity contribution in [1.82, 2.24) is 0 Å². The van der Waals surface area contributed by atoms with E-state index in [1.165, 1.54) is 44.9 Å². The first kappa shape index (κ1) is 63.5. The summed E-state index contributed by atoms with van der Waals surface area (Å²) in [6.07, 6.45) is 77.3. The van der Waals surface area contributed by atoms with E-state index in [0.29, 0.717) is 12.8 Å². The fraction of sp³-hybridized carbons (Fsp3) is 0.597. The highest BCUT2D eigenvalue weighted by Crippen LogP contribution is 2.12. The van der Waals surface area contributed by atoms with Crippen molar-refractivity contribution in [2.24, 2.45) is 0 Å². The zero-order valence-corrected chi connectivity index (χ0v) is 43.6. The third-order valence-corrected chi connectivity index (χ3v) is 10.9. The highest BCUT2D eigenvalue weighted by molar-refractivity contribution is 5.71. The Morgan fingerprint density at radius 3 is 1.00 bits per heavy atom. The molecule has 6 nitrogen and oxygen atoms in total. The fourth-order valence-electron chi connectivity index (χ4n) is 6.86. The monoisotopic (exact) mass is 939 g/mol. The molecular formula is C62H98O6. The van der Waals surface area contributed by atoms with Crippen molar-refractivity contribution in [3.8, 4) is 0 Å². The minimum atomic E-state index is -0.830. The maximum atomic E-state index is 12.8. The molecule has 0 spiro atoms. The van der Waals surface area contributed by atoms with Crippen molar-refractivity contribution >= 4 is 17.9 Å². The first-order chi connectivity index (χ1) is 33.5. The van der Waals surface area contributed by atoms with Crippen LogP contribution in [0.2, 0.25) is 0 Å². The van der Waals surface area contributed by atoms with E-state index in [1.54, 1.807) is 0 Å². The Hall–Kier alpha value is -4.45. The number of unbranched alkanes of at least 4 members (excludes halogenated alkanes) is 14. The van der Waals surface area contributed by atoms with Crippen LogP contribution >= 0.6 is 0 Å². The first-order valence-electron chi connectivity index (χ1n) is 27.2. The largest absolute Gasteiger partial charge is 0.462 e. The number of rotatable bonds is 47. The Kier molecular flexibility index (Phi) is 51.5. The summed E-state index contributed by atoms with van der Waals surface area (Å²) in [7, 11) is 0. The Morgan fingerprint density at radius 2 is 0.603 bits per heavy atom. The Morgan fingerprint density at radius 1 is 0.309 bits per heavy atom. The normalized spacial score (nSPS) is 13.2. The maximum Gasteiger partial charge on any atom is 0.306 e. The zero-order chi connectivity index (χ0) is 49.3. The summed E-state index contributed by atoms with van der Waals surface area (Å²) in [5.41, 5.74) is 0. The molecule has 0 heterocycles. The van der Waals surface area contributed by atoms with Gasteiger partial charge in [0.2, 0.25) is 0 Å². The Bertz CT molecular complexity index is 1500. The van der Waals surface area contributed by atoms with Crippen molar-refractivity contribution in [2.75, 3.05) is 13.2 Å². The molecular weight excluding hydrogens is 841 g/mol. The highest BCUT2D eigenvalue weighted by Gasteiger charge is 2.19. The van der Waals surface area contributed by atoms with Crippen LogP contribution in [-0.2, 0) is 28.6 Å². The van der Waals surface area contributed by atoms with E-state index in [1.807, 2.05) is 12.2 Å². The van der Waals surface area contributed by atoms with Crippen molar-refractivity contribution in [1.29, 1.82) is 0 Å². The first-order valence-corrected chi connectivity index (χ1v) is 27.2. The number of hydrogen-bond donors (Lipinski definition) is 0. The summed E-state index contributed by atoms with van der Waals surface area (Å²) in [5.74, 6) is -1.05. The Labute approximate surface area is 417 Å². The van der Waals surface area contributed by atoms with E-state index in [-0.39, 0.29) is 44.0 Å². The van der Waals surface area contributed by atoms with Gasteiger partial charge in [-0.25, -0.2) is 0 Å². The van der Waals surface area contributed by atoms with Crippen LogP contribution in [-0.4, -0.2) is 37.2 Å². The van der Waals surface area contributed by atoms with Crippen molar-refractivity contribution in [3.05, 3.63) is 134 Å². The summed E-state index contributed by atoms with van der Waals surface area (Å²) in [5, 5.41) is 0. The molecule has 0 aromatic carbocycles. The number of esters is 3. The molecule has 0 aliphatic carbocycles. The molecule has 0 aliphatic rings. The predicted molar refractivity (Wildman–Crippen MR) is 292 cm³/mol. The van der Waals surface area contributed by atoms with E-state index >= 15 is 0 Å². The lowest BCUT2D eigenvalue weighted by Gasteiger charge is -2.18. The van der Waals surface area contributed by atoms with Crippen LogP contribution in [0, 0.1) is 0 Å². The molecule has 0 saturated heterocycles. The third-order valence-electron chi connectivity index (χ3n) is 10.9. The molecule has 1 unspecified atom stereocenters. The molecule has 1 atom stereocenters. The van der Waals surface area contributed by atoms with Gasteiger partial charge in [0.25, 0.3) is 0 Å². The van der Waals surface area contributed by atoms with Gasteiger partial charge in [-0.05, 0) is 122 Å². The van der Waals surface area contributed by atoms with Crippen molar-refractivity contribution in [2.45, 2.75) is 226 Å². The third kappa shape index (κ3) is 52.5. The van der Waals surface area contributed by atoms with Gasteiger partial charge in [-0.15, -0.1) is 0 Å². The highest BCUT2D eigenvalue weighted by atomic mass is 16.6. The van der Waals surface area contributed by atoms with Gasteiger partial charge in [-0.3, -0.25) is 14.4 Å². The van der Waals surface area contributed by atoms with Crippen LogP contribution < -0.4 is 0 Å². The van der Waals surface area contributed by atoms with Crippen LogP contribution in [0.3, 0.4) is 0 Å². The van der Waals surface area contributed by atoms with Gasteiger partial charge in [0.15, 0.2) is 6.10 Å². The second-order valence-electron chi connectivity index (χ2n) is 17.4. The lowest BCUT2D eigenvalue weighted by Crippen LogP contribution is -2.30. The minimum absolute atomic E-state index is 0.120. The average Bonchev–Trinajstić information content (AvgIpc) is 3.34. The smallest absolute Gasteiger partial charge is 0.306 e. The van der Waals surface area contributed by atoms with Gasteiger partial charge in [0, 0.05) is 19.3 Å². The summed E-state index contributed by atoms with van der Waals surface area (Å²) in [6.45, 7) is 6.29. The molecule has 0 radical (unpaired) electrons. The van der Waals surface area contributed by atoms with Gasteiger partial charge >= 0.3 is 17.9 Å². The van der Waals surface area contributed by atoms with Crippen molar-refractivity contribution in [3.63, 3.8) is 0 Å². The lowest BCUT2D eigenvalue weighted by molar-refractivity contribution is -0.166. The second-order valence-corrected chi connectivity index (χ2v) is 17.4. The standard InChI is InChI=1S/C62H98O6/c1-4-7-10-13-16-19-22-25-28-30-31-33-34-37-40-43-46-49-52-55-61(64)67-58-59(57-66-60(63)54-51-48-45-42-39-36-27-24-21-18-15-12-9-6-3)68-62(65)56-53-50-47-44-41-38-35-32-29-26-23-20-17-14-11-8-5-2/h7-8,10-11,16-17,19-20,24-29,31,33,35,37-38,40,46,49,59H,4-6,9,12-15,18,21-23,30,32,34,36,39,41-45,47-48,50-58H2,1-3H3/b10-7-,11-8-,19-16-,20-17-,27-24-,28-25-,29-26-,33-31-,38-35-,40-37-,49-46-. The van der Waals surface area contributed by atoms with E-state index in [2.05, 4.69) is 142 Å². The summed E-state index contributed by atoms with van der Waals surface area (Å²) < 4.78 is 16.7. The van der Waals surface area contributed by atoms with Gasteiger partial charge in [0.05, 0.1) is 0 Å². The van der Waals surface area contributed by atoms with Crippen LogP contribution in [0.4, 0.5) is 0 Å². The Balaban J connectivity index is 4.58. The lowest BCUT2D eigenvalue weighted by atomic mass is 10.1. The SMILES string of the molecule is CC/C=C\C/C=C\C/C=C\C/C=C\C/C=C\C/C=C\CCC(=O)OCC(COC(=O)CCCCCCC/C=C\CCCCCCC)OC(=O)CCCCCC/C=C\C/C=C\C/C=C\C/C=C\CC. The zero-order valence-electron chi connectivity index (χ0n) is 43.6.